The first-order valence-electron chi connectivity index (χ1n) is 7.44. The molecule has 0 spiro atoms. The van der Waals surface area contributed by atoms with Crippen LogP contribution in [0.1, 0.15) is 22.8 Å². The highest BCUT2D eigenvalue weighted by Gasteiger charge is 2.27. The van der Waals surface area contributed by atoms with Crippen LogP contribution in [0.3, 0.4) is 0 Å². The SMILES string of the molecule is C=C(C)CN(C(=O)c1cccnc1)c1cccc2c1S(=O)CC2. The predicted molar refractivity (Wildman–Crippen MR) is 92.1 cm³/mol. The maximum atomic E-state index is 12.9. The summed E-state index contributed by atoms with van der Waals surface area (Å²) in [5, 5.41) is 0. The number of rotatable bonds is 4. The van der Waals surface area contributed by atoms with Crippen molar-refractivity contribution in [3.8, 4) is 0 Å². The van der Waals surface area contributed by atoms with Gasteiger partial charge in [-0.3, -0.25) is 14.0 Å². The molecule has 4 nitrogen and oxygen atoms in total. The second-order valence-electron chi connectivity index (χ2n) is 5.66. The minimum absolute atomic E-state index is 0.154. The Labute approximate surface area is 138 Å². The van der Waals surface area contributed by atoms with Gasteiger partial charge in [0.05, 0.1) is 26.9 Å². The fourth-order valence-corrected chi connectivity index (χ4v) is 4.21. The third kappa shape index (κ3) is 3.10. The number of amides is 1. The van der Waals surface area contributed by atoms with Crippen molar-refractivity contribution in [2.45, 2.75) is 18.2 Å². The monoisotopic (exact) mass is 326 g/mol. The first-order chi connectivity index (χ1) is 11.1. The minimum Gasteiger partial charge on any atom is -0.303 e. The summed E-state index contributed by atoms with van der Waals surface area (Å²) in [5.74, 6) is 0.465. The third-order valence-electron chi connectivity index (χ3n) is 3.73. The molecule has 5 heteroatoms. The Hall–Kier alpha value is -2.27. The lowest BCUT2D eigenvalue weighted by atomic mass is 10.1. The molecule has 23 heavy (non-hydrogen) atoms. The number of fused-ring (bicyclic) bond motifs is 1. The van der Waals surface area contributed by atoms with E-state index in [0.29, 0.717) is 17.9 Å². The van der Waals surface area contributed by atoms with Gasteiger partial charge in [-0.15, -0.1) is 0 Å². The number of benzene rings is 1. The van der Waals surface area contributed by atoms with E-state index < -0.39 is 10.8 Å². The van der Waals surface area contributed by atoms with Crippen molar-refractivity contribution in [3.63, 3.8) is 0 Å². The van der Waals surface area contributed by atoms with Crippen molar-refractivity contribution in [1.29, 1.82) is 0 Å². The maximum Gasteiger partial charge on any atom is 0.260 e. The van der Waals surface area contributed by atoms with Gasteiger partial charge >= 0.3 is 0 Å². The molecule has 0 fully saturated rings. The Morgan fingerprint density at radius 3 is 2.87 bits per heavy atom. The van der Waals surface area contributed by atoms with E-state index in [1.165, 1.54) is 0 Å². The zero-order valence-corrected chi connectivity index (χ0v) is 13.8. The van der Waals surface area contributed by atoms with Crippen molar-refractivity contribution in [3.05, 3.63) is 66.0 Å². The number of aryl methyl sites for hydroxylation is 1. The van der Waals surface area contributed by atoms with E-state index in [1.807, 2.05) is 25.1 Å². The highest BCUT2D eigenvalue weighted by molar-refractivity contribution is 7.85. The van der Waals surface area contributed by atoms with Crippen LogP contribution < -0.4 is 4.90 Å². The molecule has 1 aliphatic heterocycles. The van der Waals surface area contributed by atoms with E-state index in [-0.39, 0.29) is 5.91 Å². The van der Waals surface area contributed by atoms with E-state index >= 15 is 0 Å². The van der Waals surface area contributed by atoms with Gasteiger partial charge in [0.2, 0.25) is 0 Å². The van der Waals surface area contributed by atoms with Gasteiger partial charge in [-0.1, -0.05) is 24.3 Å². The normalized spacial score (nSPS) is 16.0. The van der Waals surface area contributed by atoms with Crippen LogP contribution in [0.25, 0.3) is 0 Å². The molecule has 118 valence electrons. The van der Waals surface area contributed by atoms with Crippen LogP contribution >= 0.6 is 0 Å². The summed E-state index contributed by atoms with van der Waals surface area (Å²) < 4.78 is 12.4. The maximum absolute atomic E-state index is 12.9. The van der Waals surface area contributed by atoms with E-state index in [1.54, 1.807) is 29.4 Å². The number of hydrogen-bond acceptors (Lipinski definition) is 3. The molecular formula is C18H18N2O2S. The van der Waals surface area contributed by atoms with Crippen LogP contribution in [0.15, 0.2) is 59.8 Å². The van der Waals surface area contributed by atoms with Crippen LogP contribution in [-0.4, -0.2) is 27.4 Å². The number of aromatic nitrogens is 1. The van der Waals surface area contributed by atoms with Gasteiger partial charge in [0, 0.05) is 24.7 Å². The molecule has 1 amide bonds. The fraction of sp³-hybridized carbons (Fsp3) is 0.222. The molecule has 1 aromatic heterocycles. The first kappa shape index (κ1) is 15.6. The molecule has 1 atom stereocenters. The quantitative estimate of drug-likeness (QED) is 0.812. The number of nitrogens with zero attached hydrogens (tertiary/aromatic N) is 2. The summed E-state index contributed by atoms with van der Waals surface area (Å²) in [6, 6.07) is 9.23. The summed E-state index contributed by atoms with van der Waals surface area (Å²) >= 11 is 0. The topological polar surface area (TPSA) is 50.3 Å². The average Bonchev–Trinajstić information content (AvgIpc) is 2.94. The zero-order valence-electron chi connectivity index (χ0n) is 13.0. The summed E-state index contributed by atoms with van der Waals surface area (Å²) in [7, 11) is -1.06. The molecule has 1 aliphatic rings. The van der Waals surface area contributed by atoms with E-state index in [2.05, 4.69) is 11.6 Å². The number of hydrogen-bond donors (Lipinski definition) is 0. The molecule has 0 saturated heterocycles. The molecule has 1 unspecified atom stereocenters. The van der Waals surface area contributed by atoms with Gasteiger partial charge in [-0.05, 0) is 37.1 Å². The molecule has 1 aromatic carbocycles. The Balaban J connectivity index is 2.08. The molecule has 3 rings (SSSR count). The summed E-state index contributed by atoms with van der Waals surface area (Å²) in [5.41, 5.74) is 3.15. The van der Waals surface area contributed by atoms with Crippen LogP contribution in [0.4, 0.5) is 5.69 Å². The number of carbonyl (C=O) groups is 1. The number of anilines is 1. The van der Waals surface area contributed by atoms with Crippen LogP contribution in [-0.2, 0) is 17.2 Å². The van der Waals surface area contributed by atoms with E-state index in [9.17, 15) is 9.00 Å². The summed E-state index contributed by atoms with van der Waals surface area (Å²) in [4.78, 5) is 19.4. The smallest absolute Gasteiger partial charge is 0.260 e. The zero-order chi connectivity index (χ0) is 16.4. The fourth-order valence-electron chi connectivity index (χ4n) is 2.73. The Morgan fingerprint density at radius 1 is 1.35 bits per heavy atom. The van der Waals surface area contributed by atoms with Gasteiger partial charge in [0.1, 0.15) is 0 Å². The Kier molecular flexibility index (Phi) is 4.39. The lowest BCUT2D eigenvalue weighted by Crippen LogP contribution is -2.33. The summed E-state index contributed by atoms with van der Waals surface area (Å²) in [6.45, 7) is 6.19. The second-order valence-corrected chi connectivity index (χ2v) is 7.16. The lowest BCUT2D eigenvalue weighted by Gasteiger charge is -2.25. The van der Waals surface area contributed by atoms with Gasteiger partial charge in [-0.25, -0.2) is 0 Å². The largest absolute Gasteiger partial charge is 0.303 e. The predicted octanol–water partition coefficient (Wildman–Crippen LogP) is 2.97. The van der Waals surface area contributed by atoms with Crippen LogP contribution in [0, 0.1) is 0 Å². The molecule has 2 heterocycles. The molecule has 0 aliphatic carbocycles. The van der Waals surface area contributed by atoms with Crippen molar-refractivity contribution in [2.24, 2.45) is 0 Å². The lowest BCUT2D eigenvalue weighted by molar-refractivity contribution is 0.0988. The summed E-state index contributed by atoms with van der Waals surface area (Å²) in [6.07, 6.45) is 3.97. The standard InChI is InChI=1S/C18H18N2O2S/c1-13(2)12-20(18(21)15-6-4-9-19-11-15)16-7-3-5-14-8-10-23(22)17(14)16/h3-7,9,11H,1,8,10,12H2,2H3. The average molecular weight is 326 g/mol. The van der Waals surface area contributed by atoms with Crippen molar-refractivity contribution < 1.29 is 9.00 Å². The second kappa shape index (κ2) is 6.46. The molecular weight excluding hydrogens is 308 g/mol. The molecule has 0 saturated carbocycles. The van der Waals surface area contributed by atoms with Crippen molar-refractivity contribution in [2.75, 3.05) is 17.2 Å². The molecule has 0 radical (unpaired) electrons. The highest BCUT2D eigenvalue weighted by Crippen LogP contribution is 2.33. The van der Waals surface area contributed by atoms with E-state index in [0.717, 1.165) is 28.1 Å². The molecule has 2 aromatic rings. The Morgan fingerprint density at radius 2 is 2.17 bits per heavy atom. The molecule has 0 N–H and O–H groups in total. The van der Waals surface area contributed by atoms with Crippen molar-refractivity contribution >= 4 is 22.4 Å². The van der Waals surface area contributed by atoms with Crippen LogP contribution in [0.5, 0.6) is 0 Å². The van der Waals surface area contributed by atoms with Gasteiger partial charge in [0.25, 0.3) is 5.91 Å². The first-order valence-corrected chi connectivity index (χ1v) is 8.76. The molecule has 0 bridgehead atoms. The van der Waals surface area contributed by atoms with Gasteiger partial charge < -0.3 is 4.90 Å². The number of pyridine rings is 1. The Bertz CT molecular complexity index is 787. The minimum atomic E-state index is -1.06. The van der Waals surface area contributed by atoms with Crippen LogP contribution in [0.2, 0.25) is 0 Å². The third-order valence-corrected chi connectivity index (χ3v) is 5.23. The highest BCUT2D eigenvalue weighted by atomic mass is 32.2. The van der Waals surface area contributed by atoms with E-state index in [4.69, 9.17) is 0 Å². The van der Waals surface area contributed by atoms with Crippen molar-refractivity contribution in [1.82, 2.24) is 4.98 Å². The number of carbonyl (C=O) groups excluding carboxylic acids is 1. The van der Waals surface area contributed by atoms with Gasteiger partial charge in [-0.2, -0.15) is 0 Å². The van der Waals surface area contributed by atoms with Gasteiger partial charge in [0.15, 0.2) is 0 Å².